The third-order valence-electron chi connectivity index (χ3n) is 3.90. The molecule has 1 fully saturated rings. The molecule has 0 atom stereocenters. The fraction of sp³-hybridized carbons (Fsp3) is 0.500. The number of carbonyl (C=O) groups is 2. The number of rotatable bonds is 4. The van der Waals surface area contributed by atoms with Crippen LogP contribution >= 0.6 is 27.5 Å². The summed E-state index contributed by atoms with van der Waals surface area (Å²) >= 11 is 9.43. The summed E-state index contributed by atoms with van der Waals surface area (Å²) in [6, 6.07) is 5.05. The highest BCUT2D eigenvalue weighted by molar-refractivity contribution is 9.10. The molecule has 1 aliphatic carbocycles. The highest BCUT2D eigenvalue weighted by Gasteiger charge is 2.42. The number of halogens is 2. The molecule has 0 heterocycles. The van der Waals surface area contributed by atoms with E-state index in [-0.39, 0.29) is 11.9 Å². The summed E-state index contributed by atoms with van der Waals surface area (Å²) in [6.07, 6.45) is 4.06. The molecule has 22 heavy (non-hydrogen) atoms. The quantitative estimate of drug-likeness (QED) is 0.790. The Labute approximate surface area is 143 Å². The molecule has 1 N–H and O–H groups in total. The van der Waals surface area contributed by atoms with Crippen LogP contribution in [-0.4, -0.2) is 24.0 Å². The van der Waals surface area contributed by atoms with Crippen molar-refractivity contribution >= 4 is 39.4 Å². The zero-order valence-corrected chi connectivity index (χ0v) is 14.8. The molecule has 1 aromatic rings. The molecule has 6 heteroatoms. The molecule has 2 rings (SSSR count). The van der Waals surface area contributed by atoms with Gasteiger partial charge in [-0.3, -0.25) is 4.79 Å². The summed E-state index contributed by atoms with van der Waals surface area (Å²) in [5.74, 6) is -0.691. The predicted molar refractivity (Wildman–Crippen MR) is 89.1 cm³/mol. The van der Waals surface area contributed by atoms with Gasteiger partial charge in [-0.25, -0.2) is 4.79 Å². The molecule has 4 nitrogen and oxygen atoms in total. The Morgan fingerprint density at radius 3 is 2.59 bits per heavy atom. The van der Waals surface area contributed by atoms with Gasteiger partial charge in [0, 0.05) is 4.47 Å². The third kappa shape index (κ3) is 3.82. The largest absolute Gasteiger partial charge is 0.464 e. The van der Waals surface area contributed by atoms with Gasteiger partial charge in [0.15, 0.2) is 0 Å². The maximum atomic E-state index is 12.5. The van der Waals surface area contributed by atoms with Crippen molar-refractivity contribution in [3.05, 3.63) is 33.3 Å². The van der Waals surface area contributed by atoms with Gasteiger partial charge in [-0.05, 0) is 38.0 Å². The second kappa shape index (κ2) is 7.47. The Morgan fingerprint density at radius 2 is 2.00 bits per heavy atom. The van der Waals surface area contributed by atoms with E-state index in [1.165, 1.54) is 0 Å². The van der Waals surface area contributed by atoms with Crippen molar-refractivity contribution in [2.24, 2.45) is 0 Å². The minimum atomic E-state index is -0.929. The molecule has 0 bridgehead atoms. The average Bonchev–Trinajstić information content (AvgIpc) is 2.48. The Kier molecular flexibility index (Phi) is 5.87. The molecule has 1 saturated carbocycles. The standard InChI is InChI=1S/C16H19BrClNO3/c1-2-22-15(21)16(8-4-3-5-9-16)19-14(20)12-7-6-11(17)10-13(12)18/h6-7,10H,2-5,8-9H2,1H3,(H,19,20). The summed E-state index contributed by atoms with van der Waals surface area (Å²) in [6.45, 7) is 2.07. The number of benzene rings is 1. The topological polar surface area (TPSA) is 55.4 Å². The number of nitrogens with one attached hydrogen (secondary N) is 1. The van der Waals surface area contributed by atoms with E-state index >= 15 is 0 Å². The second-order valence-corrected chi connectivity index (χ2v) is 6.76. The normalized spacial score (nSPS) is 16.9. The number of amides is 1. The van der Waals surface area contributed by atoms with E-state index in [2.05, 4.69) is 21.2 Å². The molecule has 1 aliphatic rings. The summed E-state index contributed by atoms with van der Waals surface area (Å²) < 4.78 is 5.97. The molecular formula is C16H19BrClNO3. The lowest BCUT2D eigenvalue weighted by Gasteiger charge is -2.35. The van der Waals surface area contributed by atoms with Crippen molar-refractivity contribution in [1.82, 2.24) is 5.32 Å². The summed E-state index contributed by atoms with van der Waals surface area (Å²) in [7, 11) is 0. The molecule has 0 saturated heterocycles. The summed E-state index contributed by atoms with van der Waals surface area (Å²) in [5.41, 5.74) is -0.569. The molecule has 0 radical (unpaired) electrons. The van der Waals surface area contributed by atoms with Gasteiger partial charge in [-0.2, -0.15) is 0 Å². The lowest BCUT2D eigenvalue weighted by atomic mass is 9.81. The van der Waals surface area contributed by atoms with Gasteiger partial charge < -0.3 is 10.1 Å². The van der Waals surface area contributed by atoms with Crippen LogP contribution in [0.1, 0.15) is 49.4 Å². The van der Waals surface area contributed by atoms with Gasteiger partial charge in [0.25, 0.3) is 5.91 Å². The molecule has 1 aromatic carbocycles. The van der Waals surface area contributed by atoms with Crippen molar-refractivity contribution in [2.75, 3.05) is 6.61 Å². The highest BCUT2D eigenvalue weighted by Crippen LogP contribution is 2.31. The van der Waals surface area contributed by atoms with Crippen LogP contribution in [0.2, 0.25) is 5.02 Å². The van der Waals surface area contributed by atoms with Crippen LogP contribution in [0.5, 0.6) is 0 Å². The highest BCUT2D eigenvalue weighted by atomic mass is 79.9. The van der Waals surface area contributed by atoms with Crippen LogP contribution in [0.15, 0.2) is 22.7 Å². The van der Waals surface area contributed by atoms with E-state index in [1.54, 1.807) is 25.1 Å². The molecule has 0 unspecified atom stereocenters. The summed E-state index contributed by atoms with van der Waals surface area (Å²) in [5, 5.41) is 3.23. The average molecular weight is 389 g/mol. The maximum absolute atomic E-state index is 12.5. The zero-order valence-electron chi connectivity index (χ0n) is 12.5. The van der Waals surface area contributed by atoms with Crippen molar-refractivity contribution in [3.63, 3.8) is 0 Å². The molecule has 0 aliphatic heterocycles. The number of carbonyl (C=O) groups excluding carboxylic acids is 2. The van der Waals surface area contributed by atoms with Crippen molar-refractivity contribution in [3.8, 4) is 0 Å². The number of esters is 1. The number of ether oxygens (including phenoxy) is 1. The molecule has 1 amide bonds. The number of hydrogen-bond donors (Lipinski definition) is 1. The van der Waals surface area contributed by atoms with E-state index in [4.69, 9.17) is 16.3 Å². The fourth-order valence-corrected chi connectivity index (χ4v) is 3.52. The monoisotopic (exact) mass is 387 g/mol. The van der Waals surface area contributed by atoms with Crippen LogP contribution in [0.4, 0.5) is 0 Å². The number of hydrogen-bond acceptors (Lipinski definition) is 3. The SMILES string of the molecule is CCOC(=O)C1(NC(=O)c2ccc(Br)cc2Cl)CCCCC1. The summed E-state index contributed by atoms with van der Waals surface area (Å²) in [4.78, 5) is 24.9. The van der Waals surface area contributed by atoms with E-state index < -0.39 is 5.54 Å². The lowest BCUT2D eigenvalue weighted by Crippen LogP contribution is -2.56. The Bertz CT molecular complexity index is 571. The van der Waals surface area contributed by atoms with Gasteiger partial charge >= 0.3 is 5.97 Å². The molecule has 0 aromatic heterocycles. The van der Waals surface area contributed by atoms with E-state index in [1.807, 2.05) is 0 Å². The van der Waals surface area contributed by atoms with Crippen molar-refractivity contribution < 1.29 is 14.3 Å². The second-order valence-electron chi connectivity index (χ2n) is 5.44. The molecular weight excluding hydrogens is 370 g/mol. The molecule has 120 valence electrons. The maximum Gasteiger partial charge on any atom is 0.331 e. The molecule has 0 spiro atoms. The first-order valence-electron chi connectivity index (χ1n) is 7.43. The minimum Gasteiger partial charge on any atom is -0.464 e. The Morgan fingerprint density at radius 1 is 1.32 bits per heavy atom. The van der Waals surface area contributed by atoms with E-state index in [9.17, 15) is 9.59 Å². The van der Waals surface area contributed by atoms with E-state index in [0.29, 0.717) is 30.0 Å². The van der Waals surface area contributed by atoms with Gasteiger partial charge in [0.2, 0.25) is 0 Å². The van der Waals surface area contributed by atoms with E-state index in [0.717, 1.165) is 23.7 Å². The van der Waals surface area contributed by atoms with Crippen molar-refractivity contribution in [2.45, 2.75) is 44.6 Å². The van der Waals surface area contributed by atoms with Crippen LogP contribution in [0.25, 0.3) is 0 Å². The van der Waals surface area contributed by atoms with Gasteiger partial charge in [-0.1, -0.05) is 46.8 Å². The fourth-order valence-electron chi connectivity index (χ4n) is 2.76. The third-order valence-corrected chi connectivity index (χ3v) is 4.71. The zero-order chi connectivity index (χ0) is 16.2. The van der Waals surface area contributed by atoms with Gasteiger partial charge in [-0.15, -0.1) is 0 Å². The predicted octanol–water partition coefficient (Wildman–Crippen LogP) is 4.10. The van der Waals surface area contributed by atoms with Gasteiger partial charge in [0.05, 0.1) is 17.2 Å². The first-order valence-corrected chi connectivity index (χ1v) is 8.60. The van der Waals surface area contributed by atoms with Crippen LogP contribution in [-0.2, 0) is 9.53 Å². The van der Waals surface area contributed by atoms with Crippen molar-refractivity contribution in [1.29, 1.82) is 0 Å². The smallest absolute Gasteiger partial charge is 0.331 e. The van der Waals surface area contributed by atoms with Crippen LogP contribution in [0.3, 0.4) is 0 Å². The Balaban J connectivity index is 2.22. The van der Waals surface area contributed by atoms with Crippen LogP contribution < -0.4 is 5.32 Å². The lowest BCUT2D eigenvalue weighted by molar-refractivity contribution is -0.152. The first-order chi connectivity index (χ1) is 10.5. The minimum absolute atomic E-state index is 0.301. The Hall–Kier alpha value is -1.07. The van der Waals surface area contributed by atoms with Gasteiger partial charge in [0.1, 0.15) is 5.54 Å². The van der Waals surface area contributed by atoms with Crippen LogP contribution in [0, 0.1) is 0 Å². The first kappa shape index (κ1) is 17.3.